The van der Waals surface area contributed by atoms with Crippen LogP contribution in [0.25, 0.3) is 0 Å². The maximum atomic E-state index is 13.0. The Bertz CT molecular complexity index is 453. The van der Waals surface area contributed by atoms with Crippen LogP contribution in [0, 0.1) is 5.82 Å². The normalized spacial score (nSPS) is 22.8. The highest BCUT2D eigenvalue weighted by Gasteiger charge is 2.40. The number of benzene rings is 1. The summed E-state index contributed by atoms with van der Waals surface area (Å²) in [5.41, 5.74) is 0.789. The molecule has 1 aliphatic carbocycles. The smallest absolute Gasteiger partial charge is 0.168 e. The van der Waals surface area contributed by atoms with E-state index in [1.54, 1.807) is 6.07 Å². The summed E-state index contributed by atoms with van der Waals surface area (Å²) in [6.45, 7) is 1.39. The van der Waals surface area contributed by atoms with Gasteiger partial charge in [-0.15, -0.1) is 0 Å². The van der Waals surface area contributed by atoms with E-state index in [0.717, 1.165) is 31.4 Å². The second-order valence-electron chi connectivity index (χ2n) is 5.15. The summed E-state index contributed by atoms with van der Waals surface area (Å²) in [7, 11) is 0. The number of hydrogen-bond donors (Lipinski definition) is 1. The number of halogens is 2. The van der Waals surface area contributed by atoms with Gasteiger partial charge in [-0.1, -0.05) is 11.6 Å². The molecule has 19 heavy (non-hydrogen) atoms. The molecule has 0 bridgehead atoms. The van der Waals surface area contributed by atoms with Gasteiger partial charge in [-0.3, -0.25) is 0 Å². The molecule has 0 amide bonds. The van der Waals surface area contributed by atoms with Crippen LogP contribution in [0.15, 0.2) is 18.2 Å². The highest BCUT2D eigenvalue weighted by atomic mass is 35.5. The maximum Gasteiger partial charge on any atom is 0.168 e. The molecule has 1 spiro atoms. The van der Waals surface area contributed by atoms with Gasteiger partial charge in [0, 0.05) is 18.9 Å². The Morgan fingerprint density at radius 3 is 2.53 bits per heavy atom. The van der Waals surface area contributed by atoms with Crippen LogP contribution in [0.2, 0.25) is 5.02 Å². The van der Waals surface area contributed by atoms with E-state index < -0.39 is 0 Å². The van der Waals surface area contributed by atoms with Crippen LogP contribution >= 0.6 is 11.6 Å². The van der Waals surface area contributed by atoms with Crippen LogP contribution < -0.4 is 5.32 Å². The molecule has 5 heteroatoms. The largest absolute Gasteiger partial charge is 0.381 e. The van der Waals surface area contributed by atoms with Gasteiger partial charge in [0.05, 0.1) is 23.9 Å². The summed E-state index contributed by atoms with van der Waals surface area (Å²) < 4.78 is 24.4. The molecule has 0 unspecified atom stereocenters. The van der Waals surface area contributed by atoms with Gasteiger partial charge in [-0.05, 0) is 31.0 Å². The quantitative estimate of drug-likeness (QED) is 0.901. The number of ether oxygens (including phenoxy) is 2. The monoisotopic (exact) mass is 285 g/mol. The minimum Gasteiger partial charge on any atom is -0.381 e. The molecule has 1 aromatic carbocycles. The highest BCUT2D eigenvalue weighted by molar-refractivity contribution is 6.33. The van der Waals surface area contributed by atoms with E-state index in [1.807, 2.05) is 0 Å². The van der Waals surface area contributed by atoms with Crippen molar-refractivity contribution in [1.82, 2.24) is 0 Å². The van der Waals surface area contributed by atoms with E-state index in [2.05, 4.69) is 5.32 Å². The average Bonchev–Trinajstić information content (AvgIpc) is 2.84. The van der Waals surface area contributed by atoms with E-state index in [0.29, 0.717) is 24.3 Å². The van der Waals surface area contributed by atoms with E-state index in [1.165, 1.54) is 12.1 Å². The van der Waals surface area contributed by atoms with Crippen LogP contribution in [-0.4, -0.2) is 25.0 Å². The van der Waals surface area contributed by atoms with Gasteiger partial charge >= 0.3 is 0 Å². The lowest BCUT2D eigenvalue weighted by Crippen LogP contribution is -2.39. The lowest BCUT2D eigenvalue weighted by molar-refractivity contribution is -0.177. The van der Waals surface area contributed by atoms with Crippen molar-refractivity contribution in [2.45, 2.75) is 37.5 Å². The zero-order chi connectivity index (χ0) is 13.3. The van der Waals surface area contributed by atoms with Gasteiger partial charge in [-0.25, -0.2) is 4.39 Å². The first-order chi connectivity index (χ1) is 9.17. The Kier molecular flexibility index (Phi) is 3.65. The molecule has 3 nitrogen and oxygen atoms in total. The van der Waals surface area contributed by atoms with Gasteiger partial charge in [-0.2, -0.15) is 0 Å². The van der Waals surface area contributed by atoms with Crippen molar-refractivity contribution in [3.8, 4) is 0 Å². The van der Waals surface area contributed by atoms with Gasteiger partial charge in [0.25, 0.3) is 0 Å². The number of hydrogen-bond acceptors (Lipinski definition) is 3. The molecule has 3 rings (SSSR count). The Hall–Kier alpha value is -0.840. The first-order valence-electron chi connectivity index (χ1n) is 6.66. The van der Waals surface area contributed by atoms with E-state index in [-0.39, 0.29) is 11.6 Å². The molecule has 1 saturated carbocycles. The van der Waals surface area contributed by atoms with Gasteiger partial charge < -0.3 is 14.8 Å². The standard InChI is InChI=1S/C14H17ClFNO2/c15-12-9-10(16)1-2-13(12)17-11-3-5-14(6-4-11)18-7-8-19-14/h1-2,9,11,17H,3-8H2. The average molecular weight is 286 g/mol. The fourth-order valence-corrected chi connectivity index (χ4v) is 3.04. The molecule has 0 aromatic heterocycles. The molecule has 0 radical (unpaired) electrons. The predicted molar refractivity (Wildman–Crippen MR) is 71.9 cm³/mol. The minimum atomic E-state index is -0.342. The molecule has 104 valence electrons. The summed E-state index contributed by atoms with van der Waals surface area (Å²) in [5.74, 6) is -0.656. The third-order valence-corrected chi connectivity index (χ3v) is 4.16. The maximum absolute atomic E-state index is 13.0. The van der Waals surface area contributed by atoms with E-state index in [4.69, 9.17) is 21.1 Å². The van der Waals surface area contributed by atoms with Crippen molar-refractivity contribution in [3.05, 3.63) is 29.0 Å². The SMILES string of the molecule is Fc1ccc(NC2CCC3(CC2)OCCO3)c(Cl)c1. The summed E-state index contributed by atoms with van der Waals surface area (Å²) in [6.07, 6.45) is 3.72. The predicted octanol–water partition coefficient (Wildman–Crippen LogP) is 3.58. The Balaban J connectivity index is 1.60. The van der Waals surface area contributed by atoms with Crippen molar-refractivity contribution in [2.24, 2.45) is 0 Å². The second-order valence-corrected chi connectivity index (χ2v) is 5.56. The van der Waals surface area contributed by atoms with Crippen LogP contribution in [0.4, 0.5) is 10.1 Å². The number of rotatable bonds is 2. The molecule has 1 heterocycles. The molecule has 1 aromatic rings. The number of nitrogens with one attached hydrogen (secondary N) is 1. The Morgan fingerprint density at radius 2 is 1.89 bits per heavy atom. The van der Waals surface area contributed by atoms with Crippen molar-refractivity contribution in [3.63, 3.8) is 0 Å². The third kappa shape index (κ3) is 2.86. The molecule has 1 N–H and O–H groups in total. The Morgan fingerprint density at radius 1 is 1.21 bits per heavy atom. The van der Waals surface area contributed by atoms with Gasteiger partial charge in [0.15, 0.2) is 5.79 Å². The fraction of sp³-hybridized carbons (Fsp3) is 0.571. The van der Waals surface area contributed by atoms with Crippen molar-refractivity contribution in [2.75, 3.05) is 18.5 Å². The molecular weight excluding hydrogens is 269 g/mol. The van der Waals surface area contributed by atoms with Crippen LogP contribution in [0.5, 0.6) is 0 Å². The molecule has 1 saturated heterocycles. The van der Waals surface area contributed by atoms with E-state index >= 15 is 0 Å². The molecular formula is C14H17ClFNO2. The summed E-state index contributed by atoms with van der Waals surface area (Å²) in [4.78, 5) is 0. The first-order valence-corrected chi connectivity index (χ1v) is 7.04. The summed E-state index contributed by atoms with van der Waals surface area (Å²) in [5, 5.41) is 3.80. The molecule has 2 aliphatic rings. The Labute approximate surface area is 117 Å². The van der Waals surface area contributed by atoms with Crippen LogP contribution in [-0.2, 0) is 9.47 Å². The zero-order valence-corrected chi connectivity index (χ0v) is 11.4. The third-order valence-electron chi connectivity index (χ3n) is 3.85. The molecule has 0 atom stereocenters. The highest BCUT2D eigenvalue weighted by Crippen LogP contribution is 2.37. The topological polar surface area (TPSA) is 30.5 Å². The lowest BCUT2D eigenvalue weighted by Gasteiger charge is -2.36. The number of anilines is 1. The van der Waals surface area contributed by atoms with Crippen molar-refractivity contribution < 1.29 is 13.9 Å². The second kappa shape index (κ2) is 5.27. The summed E-state index contributed by atoms with van der Waals surface area (Å²) >= 11 is 6.02. The molecule has 2 fully saturated rings. The van der Waals surface area contributed by atoms with Gasteiger partial charge in [0.2, 0.25) is 0 Å². The lowest BCUT2D eigenvalue weighted by atomic mass is 9.90. The van der Waals surface area contributed by atoms with Crippen LogP contribution in [0.1, 0.15) is 25.7 Å². The van der Waals surface area contributed by atoms with Crippen molar-refractivity contribution in [1.29, 1.82) is 0 Å². The fourth-order valence-electron chi connectivity index (χ4n) is 2.81. The van der Waals surface area contributed by atoms with Crippen LogP contribution in [0.3, 0.4) is 0 Å². The minimum absolute atomic E-state index is 0.314. The molecule has 1 aliphatic heterocycles. The van der Waals surface area contributed by atoms with Crippen molar-refractivity contribution >= 4 is 17.3 Å². The van der Waals surface area contributed by atoms with Gasteiger partial charge in [0.1, 0.15) is 5.82 Å². The first kappa shape index (κ1) is 13.2. The van der Waals surface area contributed by atoms with E-state index in [9.17, 15) is 4.39 Å². The zero-order valence-electron chi connectivity index (χ0n) is 10.6. The summed E-state index contributed by atoms with van der Waals surface area (Å²) in [6, 6.07) is 4.77.